The Morgan fingerprint density at radius 3 is 2.73 bits per heavy atom. The van der Waals surface area contributed by atoms with Gasteiger partial charge in [-0.3, -0.25) is 0 Å². The highest BCUT2D eigenvalue weighted by molar-refractivity contribution is 7.99. The topological polar surface area (TPSA) is 12.0 Å². The summed E-state index contributed by atoms with van der Waals surface area (Å²) in [5.41, 5.74) is 0.631. The van der Waals surface area contributed by atoms with Crippen LogP contribution in [0.25, 0.3) is 0 Å². The third-order valence-corrected chi connectivity index (χ3v) is 3.84. The van der Waals surface area contributed by atoms with Crippen molar-refractivity contribution in [3.05, 3.63) is 0 Å². The molecule has 3 heteroatoms. The molecule has 0 radical (unpaired) electrons. The first-order chi connectivity index (χ1) is 4.85. The molecule has 66 valence electrons. The van der Waals surface area contributed by atoms with Gasteiger partial charge in [0, 0.05) is 10.8 Å². The van der Waals surface area contributed by atoms with E-state index in [0.29, 0.717) is 5.54 Å². The van der Waals surface area contributed by atoms with Crippen molar-refractivity contribution in [3.8, 4) is 0 Å². The van der Waals surface area contributed by atoms with Crippen LogP contribution in [0.5, 0.6) is 0 Å². The lowest BCUT2D eigenvalue weighted by atomic mass is 10.0. The molecule has 1 N–H and O–H groups in total. The molecule has 11 heavy (non-hydrogen) atoms. The summed E-state index contributed by atoms with van der Waals surface area (Å²) in [6.07, 6.45) is 7.91. The van der Waals surface area contributed by atoms with E-state index in [-0.39, 0.29) is 12.4 Å². The molecule has 1 saturated carbocycles. The summed E-state index contributed by atoms with van der Waals surface area (Å²) >= 11 is 2.05. The predicted octanol–water partition coefficient (Wildman–Crippen LogP) is 2.06. The van der Waals surface area contributed by atoms with Gasteiger partial charge in [-0.15, -0.1) is 12.4 Å². The number of hydrogen-bond donors (Lipinski definition) is 1. The summed E-state index contributed by atoms with van der Waals surface area (Å²) in [5.74, 6) is 0. The average Bonchev–Trinajstić information content (AvgIpc) is 2.70. The fourth-order valence-corrected chi connectivity index (χ4v) is 2.68. The minimum absolute atomic E-state index is 0. The number of rotatable bonds is 1. The second kappa shape index (κ2) is 3.55. The Labute approximate surface area is 79.1 Å². The Kier molecular flexibility index (Phi) is 3.12. The zero-order valence-electron chi connectivity index (χ0n) is 6.93. The fourth-order valence-electron chi connectivity index (χ4n) is 1.84. The fraction of sp³-hybridized carbons (Fsp3) is 1.00. The molecule has 1 nitrogen and oxygen atoms in total. The molecule has 1 unspecified atom stereocenters. The highest BCUT2D eigenvalue weighted by Crippen LogP contribution is 2.44. The number of thioether (sulfide) groups is 1. The van der Waals surface area contributed by atoms with Gasteiger partial charge in [-0.2, -0.15) is 11.8 Å². The molecule has 0 amide bonds. The van der Waals surface area contributed by atoms with Crippen LogP contribution in [-0.4, -0.2) is 23.6 Å². The minimum Gasteiger partial charge on any atom is -0.311 e. The van der Waals surface area contributed by atoms with Crippen molar-refractivity contribution in [1.29, 1.82) is 0 Å². The highest BCUT2D eigenvalue weighted by Gasteiger charge is 2.45. The van der Waals surface area contributed by atoms with Gasteiger partial charge >= 0.3 is 0 Å². The molecule has 0 aromatic rings. The van der Waals surface area contributed by atoms with Crippen molar-refractivity contribution in [3.63, 3.8) is 0 Å². The monoisotopic (exact) mass is 193 g/mol. The van der Waals surface area contributed by atoms with Gasteiger partial charge in [0.05, 0.1) is 0 Å². The quantitative estimate of drug-likeness (QED) is 0.685. The second-order valence-corrected chi connectivity index (χ2v) is 4.70. The van der Waals surface area contributed by atoms with Crippen LogP contribution < -0.4 is 5.32 Å². The summed E-state index contributed by atoms with van der Waals surface area (Å²) in [4.78, 5) is 0. The van der Waals surface area contributed by atoms with Gasteiger partial charge in [0.15, 0.2) is 0 Å². The molecule has 1 aliphatic carbocycles. The number of hydrogen-bond acceptors (Lipinski definition) is 2. The molecule has 2 aliphatic rings. The van der Waals surface area contributed by atoms with Crippen LogP contribution in [0.15, 0.2) is 0 Å². The Hall–Kier alpha value is 0.600. The van der Waals surface area contributed by atoms with Crippen molar-refractivity contribution in [1.82, 2.24) is 5.32 Å². The molecule has 1 heterocycles. The molecule has 1 saturated heterocycles. The first-order valence-electron chi connectivity index (χ1n) is 4.12. The van der Waals surface area contributed by atoms with Gasteiger partial charge in [-0.25, -0.2) is 0 Å². The van der Waals surface area contributed by atoms with E-state index >= 15 is 0 Å². The lowest BCUT2D eigenvalue weighted by molar-refractivity contribution is 0.393. The summed E-state index contributed by atoms with van der Waals surface area (Å²) in [6, 6.07) is 0. The Bertz CT molecular complexity index is 136. The Morgan fingerprint density at radius 2 is 2.18 bits per heavy atom. The van der Waals surface area contributed by atoms with Gasteiger partial charge in [0.1, 0.15) is 0 Å². The van der Waals surface area contributed by atoms with E-state index in [0.717, 1.165) is 5.25 Å². The molecule has 0 aromatic carbocycles. The largest absolute Gasteiger partial charge is 0.311 e. The number of nitrogens with one attached hydrogen (secondary N) is 1. The summed E-state index contributed by atoms with van der Waals surface area (Å²) < 4.78 is 0. The number of halogens is 1. The zero-order valence-corrected chi connectivity index (χ0v) is 8.56. The van der Waals surface area contributed by atoms with Gasteiger partial charge in [0.2, 0.25) is 0 Å². The lowest BCUT2D eigenvalue weighted by Gasteiger charge is -2.29. The maximum atomic E-state index is 3.62. The first-order valence-corrected chi connectivity index (χ1v) is 5.41. The predicted molar refractivity (Wildman–Crippen MR) is 53.8 cm³/mol. The van der Waals surface area contributed by atoms with Gasteiger partial charge < -0.3 is 5.32 Å². The van der Waals surface area contributed by atoms with Crippen LogP contribution in [0.4, 0.5) is 0 Å². The van der Waals surface area contributed by atoms with Crippen LogP contribution >= 0.6 is 24.2 Å². The summed E-state index contributed by atoms with van der Waals surface area (Å²) in [5, 5.41) is 4.57. The third kappa shape index (κ3) is 2.04. The van der Waals surface area contributed by atoms with Crippen molar-refractivity contribution < 1.29 is 0 Å². The molecule has 1 spiro atoms. The van der Waals surface area contributed by atoms with Gasteiger partial charge in [-0.05, 0) is 38.5 Å². The normalized spacial score (nSPS) is 33.0. The average molecular weight is 194 g/mol. The number of piperidine rings is 1. The van der Waals surface area contributed by atoms with Crippen LogP contribution in [0.3, 0.4) is 0 Å². The first kappa shape index (κ1) is 9.69. The molecular weight excluding hydrogens is 178 g/mol. The third-order valence-electron chi connectivity index (χ3n) is 2.77. The van der Waals surface area contributed by atoms with E-state index in [1.165, 1.54) is 32.2 Å². The molecule has 2 rings (SSSR count). The second-order valence-electron chi connectivity index (χ2n) is 3.56. The van der Waals surface area contributed by atoms with Crippen molar-refractivity contribution in [2.45, 2.75) is 36.5 Å². The molecule has 1 aliphatic heterocycles. The van der Waals surface area contributed by atoms with E-state index in [9.17, 15) is 0 Å². The molecule has 0 bridgehead atoms. The smallest absolute Gasteiger partial charge is 0.0193 e. The molecule has 0 aromatic heterocycles. The Balaban J connectivity index is 0.000000605. The van der Waals surface area contributed by atoms with Crippen LogP contribution in [0, 0.1) is 0 Å². The Morgan fingerprint density at radius 1 is 1.45 bits per heavy atom. The van der Waals surface area contributed by atoms with Crippen molar-refractivity contribution in [2.24, 2.45) is 0 Å². The van der Waals surface area contributed by atoms with Crippen molar-refractivity contribution in [2.75, 3.05) is 12.8 Å². The zero-order chi connectivity index (χ0) is 7.03. The summed E-state index contributed by atoms with van der Waals surface area (Å²) in [6.45, 7) is 1.26. The van der Waals surface area contributed by atoms with Gasteiger partial charge in [-0.1, -0.05) is 0 Å². The van der Waals surface area contributed by atoms with Crippen LogP contribution in [0.2, 0.25) is 0 Å². The highest BCUT2D eigenvalue weighted by atomic mass is 35.5. The van der Waals surface area contributed by atoms with Crippen molar-refractivity contribution >= 4 is 24.2 Å². The van der Waals surface area contributed by atoms with Crippen LogP contribution in [-0.2, 0) is 0 Å². The van der Waals surface area contributed by atoms with E-state index in [1.807, 2.05) is 11.8 Å². The molecule has 1 atom stereocenters. The summed E-state index contributed by atoms with van der Waals surface area (Å²) in [7, 11) is 0. The van der Waals surface area contributed by atoms with E-state index in [1.54, 1.807) is 0 Å². The molecule has 2 fully saturated rings. The van der Waals surface area contributed by atoms with E-state index < -0.39 is 0 Å². The molecular formula is C8H16ClNS. The minimum atomic E-state index is 0. The van der Waals surface area contributed by atoms with Gasteiger partial charge in [0.25, 0.3) is 0 Å². The maximum Gasteiger partial charge on any atom is 0.0193 e. The maximum absolute atomic E-state index is 3.62. The lowest BCUT2D eigenvalue weighted by Crippen LogP contribution is -2.41. The van der Waals surface area contributed by atoms with E-state index in [4.69, 9.17) is 0 Å². The standard InChI is InChI=1S/C8H15NS.ClH/c1-10-7-2-5-9-8(6-7)3-4-8;/h7,9H,2-6H2,1H3;1H. The SMILES string of the molecule is CSC1CCNC2(CC2)C1.Cl. The van der Waals surface area contributed by atoms with Crippen LogP contribution in [0.1, 0.15) is 25.7 Å². The van der Waals surface area contributed by atoms with E-state index in [2.05, 4.69) is 11.6 Å².